The van der Waals surface area contributed by atoms with Gasteiger partial charge >= 0.3 is 5.97 Å². The maximum Gasteiger partial charge on any atom is 0.324 e. The zero-order valence-corrected chi connectivity index (χ0v) is 15.5. The molecular formula is C21H29NO2. The fourth-order valence-electron chi connectivity index (χ4n) is 4.46. The van der Waals surface area contributed by atoms with E-state index in [1.54, 1.807) is 0 Å². The third-order valence-electron chi connectivity index (χ3n) is 5.48. The minimum Gasteiger partial charge on any atom is -0.465 e. The minimum atomic E-state index is -0.163. The van der Waals surface area contributed by atoms with Crippen molar-refractivity contribution in [2.75, 3.05) is 6.61 Å². The monoisotopic (exact) mass is 327 g/mol. The maximum absolute atomic E-state index is 12.8. The van der Waals surface area contributed by atoms with E-state index in [9.17, 15) is 4.79 Å². The highest BCUT2D eigenvalue weighted by Gasteiger charge is 2.54. The van der Waals surface area contributed by atoms with Crippen LogP contribution in [0.3, 0.4) is 0 Å². The standard InChI is InChI=1S/C21H29NO2/c1-6-24-20(23)19-17-12-16(13-18(17)21(3,4)5)22(19)14(2)15-10-8-7-9-11-15/h7-11,13-14,16-17,19H,6,12H2,1-5H3/t14?,16-,17-,19-/m1/s1. The zero-order valence-electron chi connectivity index (χ0n) is 15.5. The van der Waals surface area contributed by atoms with Gasteiger partial charge in [0.2, 0.25) is 0 Å². The Balaban J connectivity index is 1.96. The van der Waals surface area contributed by atoms with Crippen molar-refractivity contribution in [3.63, 3.8) is 0 Å². The van der Waals surface area contributed by atoms with Gasteiger partial charge in [0.1, 0.15) is 6.04 Å². The molecule has 1 unspecified atom stereocenters. The van der Waals surface area contributed by atoms with Gasteiger partial charge in [0.25, 0.3) is 0 Å². The van der Waals surface area contributed by atoms with Crippen LogP contribution in [0.15, 0.2) is 42.0 Å². The smallest absolute Gasteiger partial charge is 0.324 e. The Hall–Kier alpha value is -1.61. The first-order valence-corrected chi connectivity index (χ1v) is 9.05. The summed E-state index contributed by atoms with van der Waals surface area (Å²) >= 11 is 0. The van der Waals surface area contributed by atoms with Gasteiger partial charge in [0.15, 0.2) is 0 Å². The highest BCUT2D eigenvalue weighted by molar-refractivity contribution is 5.78. The lowest BCUT2D eigenvalue weighted by atomic mass is 9.77. The maximum atomic E-state index is 12.8. The summed E-state index contributed by atoms with van der Waals surface area (Å²) in [5, 5.41) is 0. The van der Waals surface area contributed by atoms with E-state index in [1.807, 2.05) is 13.0 Å². The molecule has 3 nitrogen and oxygen atoms in total. The second-order valence-electron chi connectivity index (χ2n) is 8.01. The molecule has 0 saturated carbocycles. The predicted molar refractivity (Wildman–Crippen MR) is 96.6 cm³/mol. The Bertz CT molecular complexity index is 629. The van der Waals surface area contributed by atoms with Crippen LogP contribution in [-0.4, -0.2) is 29.6 Å². The Labute approximate surface area is 145 Å². The van der Waals surface area contributed by atoms with Gasteiger partial charge in [-0.05, 0) is 31.2 Å². The van der Waals surface area contributed by atoms with Gasteiger partial charge in [-0.2, -0.15) is 0 Å². The Kier molecular flexibility index (Phi) is 4.56. The van der Waals surface area contributed by atoms with Gasteiger partial charge in [-0.3, -0.25) is 9.69 Å². The lowest BCUT2D eigenvalue weighted by molar-refractivity contribution is -0.151. The predicted octanol–water partition coefficient (Wildman–Crippen LogP) is 4.36. The van der Waals surface area contributed by atoms with Crippen molar-refractivity contribution in [1.82, 2.24) is 4.90 Å². The molecule has 1 aliphatic carbocycles. The number of esters is 1. The molecule has 0 amide bonds. The van der Waals surface area contributed by atoms with E-state index in [0.717, 1.165) is 6.42 Å². The summed E-state index contributed by atoms with van der Waals surface area (Å²) in [5.74, 6) is 0.211. The van der Waals surface area contributed by atoms with Crippen molar-refractivity contribution in [3.05, 3.63) is 47.5 Å². The first kappa shape index (κ1) is 17.2. The second-order valence-corrected chi connectivity index (χ2v) is 8.01. The van der Waals surface area contributed by atoms with Crippen LogP contribution in [0.4, 0.5) is 0 Å². The number of hydrogen-bond acceptors (Lipinski definition) is 3. The van der Waals surface area contributed by atoms with E-state index in [4.69, 9.17) is 4.74 Å². The van der Waals surface area contributed by atoms with E-state index >= 15 is 0 Å². The molecule has 0 radical (unpaired) electrons. The van der Waals surface area contributed by atoms with E-state index < -0.39 is 0 Å². The average molecular weight is 327 g/mol. The summed E-state index contributed by atoms with van der Waals surface area (Å²) in [6.07, 6.45) is 3.44. The summed E-state index contributed by atoms with van der Waals surface area (Å²) in [5.41, 5.74) is 2.78. The van der Waals surface area contributed by atoms with Crippen LogP contribution in [0.5, 0.6) is 0 Å². The van der Waals surface area contributed by atoms with Gasteiger partial charge < -0.3 is 4.74 Å². The molecule has 4 atom stereocenters. The van der Waals surface area contributed by atoms with Crippen molar-refractivity contribution in [2.24, 2.45) is 11.3 Å². The highest BCUT2D eigenvalue weighted by Crippen LogP contribution is 2.51. The number of rotatable bonds is 4. The normalized spacial score (nSPS) is 27.9. The van der Waals surface area contributed by atoms with Crippen LogP contribution >= 0.6 is 0 Å². The van der Waals surface area contributed by atoms with Crippen molar-refractivity contribution < 1.29 is 9.53 Å². The van der Waals surface area contributed by atoms with E-state index in [-0.39, 0.29) is 29.4 Å². The molecule has 1 aromatic rings. The summed E-state index contributed by atoms with van der Waals surface area (Å²) in [4.78, 5) is 15.1. The molecule has 2 bridgehead atoms. The molecule has 1 heterocycles. The molecule has 1 saturated heterocycles. The van der Waals surface area contributed by atoms with Crippen LogP contribution in [-0.2, 0) is 9.53 Å². The zero-order chi connectivity index (χ0) is 17.5. The first-order valence-electron chi connectivity index (χ1n) is 9.05. The minimum absolute atomic E-state index is 0.0670. The largest absolute Gasteiger partial charge is 0.465 e. The van der Waals surface area contributed by atoms with Crippen LogP contribution in [0.2, 0.25) is 0 Å². The molecule has 2 aliphatic rings. The number of ether oxygens (including phenoxy) is 1. The van der Waals surface area contributed by atoms with Gasteiger partial charge in [-0.15, -0.1) is 0 Å². The quantitative estimate of drug-likeness (QED) is 0.608. The summed E-state index contributed by atoms with van der Waals surface area (Å²) in [6, 6.07) is 10.8. The SMILES string of the molecule is CCOC(=O)[C@H]1[C@@H]2C[C@H](C=C2C(C)(C)C)N1C(C)c1ccccc1. The third-order valence-corrected chi connectivity index (χ3v) is 5.48. The first-order chi connectivity index (χ1) is 11.3. The lowest BCUT2D eigenvalue weighted by Crippen LogP contribution is -2.48. The van der Waals surface area contributed by atoms with E-state index in [1.165, 1.54) is 11.1 Å². The lowest BCUT2D eigenvalue weighted by Gasteiger charge is -2.40. The average Bonchev–Trinajstić information content (AvgIpc) is 3.13. The van der Waals surface area contributed by atoms with Crippen molar-refractivity contribution in [3.8, 4) is 0 Å². The molecule has 130 valence electrons. The topological polar surface area (TPSA) is 29.5 Å². The molecule has 3 rings (SSSR count). The van der Waals surface area contributed by atoms with Gasteiger partial charge in [-0.1, -0.05) is 62.8 Å². The molecular weight excluding hydrogens is 298 g/mol. The molecule has 0 spiro atoms. The van der Waals surface area contributed by atoms with E-state index in [0.29, 0.717) is 12.6 Å². The molecule has 1 fully saturated rings. The Morgan fingerprint density at radius 1 is 1.29 bits per heavy atom. The summed E-state index contributed by atoms with van der Waals surface area (Å²) in [7, 11) is 0. The number of hydrogen-bond donors (Lipinski definition) is 0. The summed E-state index contributed by atoms with van der Waals surface area (Å²) in [6.45, 7) is 11.3. The fraction of sp³-hybridized carbons (Fsp3) is 0.571. The third kappa shape index (κ3) is 2.90. The van der Waals surface area contributed by atoms with Crippen LogP contribution in [0.25, 0.3) is 0 Å². The molecule has 0 N–H and O–H groups in total. The number of carbonyl (C=O) groups excluding carboxylic acids is 1. The second kappa shape index (κ2) is 6.36. The van der Waals surface area contributed by atoms with Gasteiger partial charge in [0, 0.05) is 18.0 Å². The van der Waals surface area contributed by atoms with E-state index in [2.05, 4.69) is 62.9 Å². The Morgan fingerprint density at radius 2 is 1.96 bits per heavy atom. The van der Waals surface area contributed by atoms with Gasteiger partial charge in [-0.25, -0.2) is 0 Å². The van der Waals surface area contributed by atoms with Crippen LogP contribution in [0, 0.1) is 11.3 Å². The molecule has 0 aromatic heterocycles. The molecule has 24 heavy (non-hydrogen) atoms. The van der Waals surface area contributed by atoms with Crippen molar-refractivity contribution >= 4 is 5.97 Å². The number of nitrogens with zero attached hydrogens (tertiary/aromatic N) is 1. The number of fused-ring (bicyclic) bond motifs is 2. The van der Waals surface area contributed by atoms with Crippen LogP contribution in [0.1, 0.15) is 52.6 Å². The van der Waals surface area contributed by atoms with Crippen LogP contribution < -0.4 is 0 Å². The molecule has 1 aromatic carbocycles. The summed E-state index contributed by atoms with van der Waals surface area (Å²) < 4.78 is 5.45. The number of carbonyl (C=O) groups is 1. The number of likely N-dealkylation sites (tertiary alicyclic amines) is 1. The van der Waals surface area contributed by atoms with Crippen molar-refractivity contribution in [1.29, 1.82) is 0 Å². The highest BCUT2D eigenvalue weighted by atomic mass is 16.5. The van der Waals surface area contributed by atoms with Gasteiger partial charge in [0.05, 0.1) is 6.61 Å². The fourth-order valence-corrected chi connectivity index (χ4v) is 4.46. The molecule has 1 aliphatic heterocycles. The molecule has 3 heteroatoms. The van der Waals surface area contributed by atoms with Crippen molar-refractivity contribution in [2.45, 2.75) is 59.2 Å². The number of benzene rings is 1. The Morgan fingerprint density at radius 3 is 2.54 bits per heavy atom.